The maximum Gasteiger partial charge on any atom is 0.304 e. The zero-order chi connectivity index (χ0) is 14.4. The Bertz CT molecular complexity index is 479. The normalized spacial score (nSPS) is 10.5. The van der Waals surface area contributed by atoms with Gasteiger partial charge >= 0.3 is 5.97 Å². The number of carbonyl (C=O) groups is 2. The van der Waals surface area contributed by atoms with Gasteiger partial charge in [0.15, 0.2) is 0 Å². The summed E-state index contributed by atoms with van der Waals surface area (Å²) >= 11 is 5.93. The molecule has 0 spiro atoms. The van der Waals surface area contributed by atoms with Crippen molar-refractivity contribution in [3.8, 4) is 0 Å². The minimum atomic E-state index is -0.895. The van der Waals surface area contributed by atoms with Crippen molar-refractivity contribution in [2.45, 2.75) is 6.42 Å². The molecule has 0 unspecified atom stereocenters. The molecule has 0 atom stereocenters. The molecule has 0 heterocycles. The van der Waals surface area contributed by atoms with Crippen LogP contribution in [0.5, 0.6) is 0 Å². The number of carboxylic acids is 1. The Balaban J connectivity index is 2.48. The second-order valence-corrected chi connectivity index (χ2v) is 4.58. The molecule has 0 aliphatic heterocycles. The second kappa shape index (κ2) is 6.96. The molecule has 0 saturated heterocycles. The van der Waals surface area contributed by atoms with Gasteiger partial charge in [0.2, 0.25) is 5.91 Å². The summed E-state index contributed by atoms with van der Waals surface area (Å²) in [4.78, 5) is 23.7. The number of nitrogen functional groups attached to an aromatic ring is 1. The molecule has 0 aliphatic carbocycles. The van der Waals surface area contributed by atoms with Crippen LogP contribution in [0.25, 0.3) is 0 Å². The van der Waals surface area contributed by atoms with Gasteiger partial charge in [-0.2, -0.15) is 0 Å². The second-order valence-electron chi connectivity index (χ2n) is 4.17. The fourth-order valence-corrected chi connectivity index (χ4v) is 1.67. The summed E-state index contributed by atoms with van der Waals surface area (Å²) in [5, 5.41) is 11.5. The number of carboxylic acid groups (broad SMARTS) is 1. The quantitative estimate of drug-likeness (QED) is 0.684. The standard InChI is InChI=1S/C12H16ClN3O3/c1-16(5-4-12(18)19)7-11(17)15-10-3-2-8(14)6-9(10)13/h2-3,6H,4-5,7,14H2,1H3,(H,15,17)(H,18,19). The predicted molar refractivity (Wildman–Crippen MR) is 74.2 cm³/mol. The molecule has 1 aromatic rings. The lowest BCUT2D eigenvalue weighted by atomic mass is 10.3. The molecule has 19 heavy (non-hydrogen) atoms. The van der Waals surface area contributed by atoms with Crippen molar-refractivity contribution in [3.05, 3.63) is 23.2 Å². The SMILES string of the molecule is CN(CCC(=O)O)CC(=O)Nc1ccc(N)cc1Cl. The maximum absolute atomic E-state index is 11.7. The molecule has 0 bridgehead atoms. The van der Waals surface area contributed by atoms with Gasteiger partial charge < -0.3 is 16.2 Å². The highest BCUT2D eigenvalue weighted by Gasteiger charge is 2.10. The summed E-state index contributed by atoms with van der Waals surface area (Å²) in [7, 11) is 1.67. The van der Waals surface area contributed by atoms with Gasteiger partial charge in [0, 0.05) is 12.2 Å². The lowest BCUT2D eigenvalue weighted by Gasteiger charge is -2.15. The fraction of sp³-hybridized carbons (Fsp3) is 0.333. The van der Waals surface area contributed by atoms with E-state index in [0.29, 0.717) is 22.9 Å². The Hall–Kier alpha value is -1.79. The molecule has 6 nitrogen and oxygen atoms in total. The van der Waals surface area contributed by atoms with Crippen LogP contribution in [0.15, 0.2) is 18.2 Å². The third-order valence-electron chi connectivity index (χ3n) is 2.39. The first-order valence-electron chi connectivity index (χ1n) is 5.63. The number of nitrogens with one attached hydrogen (secondary N) is 1. The van der Waals surface area contributed by atoms with Crippen molar-refractivity contribution in [3.63, 3.8) is 0 Å². The zero-order valence-electron chi connectivity index (χ0n) is 10.5. The number of likely N-dealkylation sites (N-methyl/N-ethyl adjacent to an activating group) is 1. The van der Waals surface area contributed by atoms with Crippen molar-refractivity contribution >= 4 is 34.9 Å². The Morgan fingerprint density at radius 2 is 2.16 bits per heavy atom. The van der Waals surface area contributed by atoms with E-state index in [0.717, 1.165) is 0 Å². The molecule has 7 heteroatoms. The van der Waals surface area contributed by atoms with E-state index >= 15 is 0 Å². The summed E-state index contributed by atoms with van der Waals surface area (Å²) in [6.45, 7) is 0.395. The van der Waals surface area contributed by atoms with E-state index < -0.39 is 5.97 Å². The lowest BCUT2D eigenvalue weighted by molar-refractivity contribution is -0.137. The molecule has 1 amide bonds. The van der Waals surface area contributed by atoms with Gasteiger partial charge in [-0.1, -0.05) is 11.6 Å². The molecule has 0 aliphatic rings. The number of nitrogens with zero attached hydrogens (tertiary/aromatic N) is 1. The largest absolute Gasteiger partial charge is 0.481 e. The third-order valence-corrected chi connectivity index (χ3v) is 2.70. The van der Waals surface area contributed by atoms with Crippen molar-refractivity contribution in [1.82, 2.24) is 4.90 Å². The first-order chi connectivity index (χ1) is 8.88. The molecule has 0 saturated carbocycles. The van der Waals surface area contributed by atoms with Gasteiger partial charge in [0.25, 0.3) is 0 Å². The molecule has 0 radical (unpaired) electrons. The molecule has 1 rings (SSSR count). The Morgan fingerprint density at radius 3 is 2.74 bits per heavy atom. The Labute approximate surface area is 116 Å². The summed E-state index contributed by atoms with van der Waals surface area (Å²) in [6.07, 6.45) is -0.00753. The van der Waals surface area contributed by atoms with Crippen molar-refractivity contribution in [1.29, 1.82) is 0 Å². The van der Waals surface area contributed by atoms with Crippen LogP contribution in [-0.2, 0) is 9.59 Å². The minimum absolute atomic E-state index is 0.00753. The molecule has 4 N–H and O–H groups in total. The number of nitrogens with two attached hydrogens (primary N) is 1. The van der Waals surface area contributed by atoms with Crippen LogP contribution in [0.3, 0.4) is 0 Å². The highest BCUT2D eigenvalue weighted by molar-refractivity contribution is 6.34. The average molecular weight is 286 g/mol. The molecule has 0 fully saturated rings. The topological polar surface area (TPSA) is 95.7 Å². The highest BCUT2D eigenvalue weighted by atomic mass is 35.5. The van der Waals surface area contributed by atoms with E-state index in [1.807, 2.05) is 0 Å². The van der Waals surface area contributed by atoms with Gasteiger partial charge in [0.05, 0.1) is 23.7 Å². The van der Waals surface area contributed by atoms with E-state index in [1.54, 1.807) is 30.1 Å². The number of anilines is 2. The molecule has 1 aromatic carbocycles. The monoisotopic (exact) mass is 285 g/mol. The number of hydrogen-bond acceptors (Lipinski definition) is 4. The Kier molecular flexibility index (Phi) is 5.59. The van der Waals surface area contributed by atoms with Crippen LogP contribution < -0.4 is 11.1 Å². The molecular weight excluding hydrogens is 270 g/mol. The van der Waals surface area contributed by atoms with Crippen LogP contribution >= 0.6 is 11.6 Å². The van der Waals surface area contributed by atoms with E-state index in [4.69, 9.17) is 22.4 Å². The number of halogens is 1. The molecular formula is C12H16ClN3O3. The number of carbonyl (C=O) groups excluding carboxylic acids is 1. The van der Waals surface area contributed by atoms with E-state index in [1.165, 1.54) is 0 Å². The first kappa shape index (κ1) is 15.3. The van der Waals surface area contributed by atoms with Crippen LogP contribution in [0, 0.1) is 0 Å². The smallest absolute Gasteiger partial charge is 0.304 e. The summed E-state index contributed by atoms with van der Waals surface area (Å²) in [5.41, 5.74) is 6.54. The predicted octanol–water partition coefficient (Wildman–Crippen LogP) is 1.27. The summed E-state index contributed by atoms with van der Waals surface area (Å²) in [5.74, 6) is -1.16. The average Bonchev–Trinajstić information content (AvgIpc) is 2.30. The Morgan fingerprint density at radius 1 is 1.47 bits per heavy atom. The van der Waals surface area contributed by atoms with Crippen LogP contribution in [0.1, 0.15) is 6.42 Å². The highest BCUT2D eigenvalue weighted by Crippen LogP contribution is 2.23. The van der Waals surface area contributed by atoms with E-state index in [-0.39, 0.29) is 18.9 Å². The number of amides is 1. The lowest BCUT2D eigenvalue weighted by Crippen LogP contribution is -2.31. The van der Waals surface area contributed by atoms with Gasteiger partial charge in [-0.05, 0) is 25.2 Å². The zero-order valence-corrected chi connectivity index (χ0v) is 11.3. The summed E-state index contributed by atoms with van der Waals surface area (Å²) in [6, 6.07) is 4.80. The van der Waals surface area contributed by atoms with Gasteiger partial charge in [-0.3, -0.25) is 14.5 Å². The van der Waals surface area contributed by atoms with Gasteiger partial charge in [-0.25, -0.2) is 0 Å². The van der Waals surface area contributed by atoms with Gasteiger partial charge in [-0.15, -0.1) is 0 Å². The van der Waals surface area contributed by atoms with E-state index in [2.05, 4.69) is 5.32 Å². The maximum atomic E-state index is 11.7. The van der Waals surface area contributed by atoms with Crippen LogP contribution in [0.4, 0.5) is 11.4 Å². The van der Waals surface area contributed by atoms with Crippen LogP contribution in [-0.4, -0.2) is 42.0 Å². The summed E-state index contributed by atoms with van der Waals surface area (Å²) < 4.78 is 0. The van der Waals surface area contributed by atoms with Crippen molar-refractivity contribution in [2.75, 3.05) is 31.2 Å². The van der Waals surface area contributed by atoms with Gasteiger partial charge in [0.1, 0.15) is 0 Å². The fourth-order valence-electron chi connectivity index (χ4n) is 1.43. The van der Waals surface area contributed by atoms with E-state index in [9.17, 15) is 9.59 Å². The number of rotatable bonds is 6. The number of benzene rings is 1. The first-order valence-corrected chi connectivity index (χ1v) is 6.01. The molecule has 104 valence electrons. The van der Waals surface area contributed by atoms with Crippen molar-refractivity contribution in [2.24, 2.45) is 0 Å². The van der Waals surface area contributed by atoms with Crippen molar-refractivity contribution < 1.29 is 14.7 Å². The van der Waals surface area contributed by atoms with Crippen LogP contribution in [0.2, 0.25) is 5.02 Å². The number of hydrogen-bond donors (Lipinski definition) is 3. The number of aliphatic carboxylic acids is 1. The molecule has 0 aromatic heterocycles. The minimum Gasteiger partial charge on any atom is -0.481 e. The third kappa shape index (κ3) is 5.58.